The van der Waals surface area contributed by atoms with Gasteiger partial charge < -0.3 is 4.90 Å². The van der Waals surface area contributed by atoms with Crippen molar-refractivity contribution in [2.24, 2.45) is 0 Å². The summed E-state index contributed by atoms with van der Waals surface area (Å²) in [5.74, 6) is 0.0533. The summed E-state index contributed by atoms with van der Waals surface area (Å²) in [6.07, 6.45) is 0. The zero-order valence-corrected chi connectivity index (χ0v) is 12.0. The maximum absolute atomic E-state index is 13.9. The molecule has 100 valence electrons. The Hall–Kier alpha value is -1.25. The first-order valence-electron chi connectivity index (χ1n) is 5.90. The highest BCUT2D eigenvalue weighted by atomic mass is 35.5. The normalized spacial score (nSPS) is 10.5. The van der Waals surface area contributed by atoms with Crippen molar-refractivity contribution in [3.05, 3.63) is 64.4 Å². The molecule has 19 heavy (non-hydrogen) atoms. The Bertz CT molecular complexity index is 572. The van der Waals surface area contributed by atoms with E-state index in [1.165, 1.54) is 6.07 Å². The third kappa shape index (κ3) is 3.62. The summed E-state index contributed by atoms with van der Waals surface area (Å²) in [7, 11) is 1.85. The molecule has 0 amide bonds. The predicted octanol–water partition coefficient (Wildman–Crippen LogP) is 4.85. The SMILES string of the molecule is CN(Cc1cccc(Cl)c1)c1ccc(CCl)cc1F. The first-order chi connectivity index (χ1) is 9.10. The number of hydrogen-bond donors (Lipinski definition) is 0. The van der Waals surface area contributed by atoms with Crippen LogP contribution in [0.1, 0.15) is 11.1 Å². The minimum atomic E-state index is -0.261. The number of benzene rings is 2. The molecule has 0 aliphatic rings. The Labute approximate surface area is 122 Å². The molecular formula is C15H14Cl2FN. The molecule has 0 heterocycles. The highest BCUT2D eigenvalue weighted by Gasteiger charge is 2.09. The molecule has 0 aromatic heterocycles. The summed E-state index contributed by atoms with van der Waals surface area (Å²) in [5, 5.41) is 0.684. The molecular weight excluding hydrogens is 284 g/mol. The molecule has 2 aromatic carbocycles. The van der Waals surface area contributed by atoms with Crippen molar-refractivity contribution in [3.8, 4) is 0 Å². The minimum Gasteiger partial charge on any atom is -0.368 e. The van der Waals surface area contributed by atoms with Crippen molar-refractivity contribution in [2.45, 2.75) is 12.4 Å². The van der Waals surface area contributed by atoms with Crippen LogP contribution in [0, 0.1) is 5.82 Å². The van der Waals surface area contributed by atoms with Crippen LogP contribution in [0.15, 0.2) is 42.5 Å². The second kappa shape index (κ2) is 6.27. The van der Waals surface area contributed by atoms with Gasteiger partial charge in [0.1, 0.15) is 5.82 Å². The van der Waals surface area contributed by atoms with E-state index in [9.17, 15) is 4.39 Å². The maximum atomic E-state index is 13.9. The molecule has 0 saturated heterocycles. The van der Waals surface area contributed by atoms with E-state index in [0.29, 0.717) is 23.1 Å². The van der Waals surface area contributed by atoms with Crippen molar-refractivity contribution in [2.75, 3.05) is 11.9 Å². The maximum Gasteiger partial charge on any atom is 0.146 e. The predicted molar refractivity (Wildman–Crippen MR) is 79.5 cm³/mol. The van der Waals surface area contributed by atoms with Gasteiger partial charge in [0.25, 0.3) is 0 Å². The van der Waals surface area contributed by atoms with Gasteiger partial charge in [0.2, 0.25) is 0 Å². The zero-order chi connectivity index (χ0) is 13.8. The summed E-state index contributed by atoms with van der Waals surface area (Å²) < 4.78 is 13.9. The van der Waals surface area contributed by atoms with Gasteiger partial charge in [-0.15, -0.1) is 11.6 Å². The van der Waals surface area contributed by atoms with E-state index in [4.69, 9.17) is 23.2 Å². The van der Waals surface area contributed by atoms with E-state index in [0.717, 1.165) is 11.1 Å². The molecule has 0 aliphatic heterocycles. The Morgan fingerprint density at radius 3 is 2.53 bits per heavy atom. The minimum absolute atomic E-state index is 0.261. The number of rotatable bonds is 4. The largest absolute Gasteiger partial charge is 0.368 e. The number of nitrogens with zero attached hydrogens (tertiary/aromatic N) is 1. The molecule has 0 bridgehead atoms. The summed E-state index contributed by atoms with van der Waals surface area (Å²) in [4.78, 5) is 1.85. The molecule has 0 aliphatic carbocycles. The van der Waals surface area contributed by atoms with Gasteiger partial charge in [-0.3, -0.25) is 0 Å². The summed E-state index contributed by atoms with van der Waals surface area (Å²) in [6.45, 7) is 0.595. The van der Waals surface area contributed by atoms with E-state index in [1.807, 2.05) is 42.3 Å². The fourth-order valence-electron chi connectivity index (χ4n) is 1.94. The van der Waals surface area contributed by atoms with Crippen LogP contribution in [-0.2, 0) is 12.4 Å². The lowest BCUT2D eigenvalue weighted by atomic mass is 10.1. The molecule has 0 atom stereocenters. The molecule has 2 rings (SSSR count). The van der Waals surface area contributed by atoms with Crippen molar-refractivity contribution in [3.63, 3.8) is 0 Å². The van der Waals surface area contributed by atoms with Gasteiger partial charge >= 0.3 is 0 Å². The molecule has 4 heteroatoms. The third-order valence-corrected chi connectivity index (χ3v) is 3.43. The van der Waals surface area contributed by atoms with Crippen molar-refractivity contribution in [1.29, 1.82) is 0 Å². The Morgan fingerprint density at radius 1 is 1.11 bits per heavy atom. The van der Waals surface area contributed by atoms with Gasteiger partial charge in [0, 0.05) is 24.5 Å². The monoisotopic (exact) mass is 297 g/mol. The average molecular weight is 298 g/mol. The molecule has 0 fully saturated rings. The third-order valence-electron chi connectivity index (χ3n) is 2.89. The number of halogens is 3. The van der Waals surface area contributed by atoms with Gasteiger partial charge in [0.05, 0.1) is 5.69 Å². The van der Waals surface area contributed by atoms with Gasteiger partial charge in [-0.2, -0.15) is 0 Å². The summed E-state index contributed by atoms with van der Waals surface area (Å²) in [6, 6.07) is 12.6. The fourth-order valence-corrected chi connectivity index (χ4v) is 2.32. The Balaban J connectivity index is 2.18. The van der Waals surface area contributed by atoms with Crippen molar-refractivity contribution >= 4 is 28.9 Å². The van der Waals surface area contributed by atoms with Crippen LogP contribution in [-0.4, -0.2) is 7.05 Å². The van der Waals surface area contributed by atoms with Gasteiger partial charge in [-0.1, -0.05) is 29.8 Å². The first-order valence-corrected chi connectivity index (χ1v) is 6.81. The summed E-state index contributed by atoms with van der Waals surface area (Å²) in [5.41, 5.74) is 2.36. The van der Waals surface area contributed by atoms with E-state index < -0.39 is 0 Å². The lowest BCUT2D eigenvalue weighted by Gasteiger charge is -2.20. The lowest BCUT2D eigenvalue weighted by Crippen LogP contribution is -2.17. The van der Waals surface area contributed by atoms with Gasteiger partial charge in [-0.25, -0.2) is 4.39 Å². The molecule has 0 radical (unpaired) electrons. The Morgan fingerprint density at radius 2 is 1.89 bits per heavy atom. The standard InChI is InChI=1S/C15H14Cl2FN/c1-19(10-12-3-2-4-13(17)7-12)15-6-5-11(9-16)8-14(15)18/h2-8H,9-10H2,1H3. The van der Waals surface area contributed by atoms with Crippen LogP contribution >= 0.6 is 23.2 Å². The first kappa shape index (κ1) is 14.2. The van der Waals surface area contributed by atoms with E-state index in [-0.39, 0.29) is 5.82 Å². The molecule has 0 unspecified atom stereocenters. The highest BCUT2D eigenvalue weighted by molar-refractivity contribution is 6.30. The number of anilines is 1. The van der Waals surface area contributed by atoms with Crippen molar-refractivity contribution < 1.29 is 4.39 Å². The molecule has 0 saturated carbocycles. The topological polar surface area (TPSA) is 3.24 Å². The molecule has 0 spiro atoms. The molecule has 1 nitrogen and oxygen atoms in total. The second-order valence-corrected chi connectivity index (χ2v) is 5.11. The van der Waals surface area contributed by atoms with Crippen LogP contribution in [0.5, 0.6) is 0 Å². The van der Waals surface area contributed by atoms with Crippen LogP contribution in [0.4, 0.5) is 10.1 Å². The highest BCUT2D eigenvalue weighted by Crippen LogP contribution is 2.22. The smallest absolute Gasteiger partial charge is 0.146 e. The second-order valence-electron chi connectivity index (χ2n) is 4.41. The van der Waals surface area contributed by atoms with Crippen LogP contribution in [0.25, 0.3) is 0 Å². The molecule has 0 N–H and O–H groups in total. The number of alkyl halides is 1. The zero-order valence-electron chi connectivity index (χ0n) is 10.5. The van der Waals surface area contributed by atoms with Crippen LogP contribution in [0.2, 0.25) is 5.02 Å². The fraction of sp³-hybridized carbons (Fsp3) is 0.200. The van der Waals surface area contributed by atoms with Crippen molar-refractivity contribution in [1.82, 2.24) is 0 Å². The quantitative estimate of drug-likeness (QED) is 0.729. The Kier molecular flexibility index (Phi) is 4.67. The van der Waals surface area contributed by atoms with Gasteiger partial charge in [-0.05, 0) is 35.4 Å². The number of hydrogen-bond acceptors (Lipinski definition) is 1. The lowest BCUT2D eigenvalue weighted by molar-refractivity contribution is 0.621. The summed E-state index contributed by atoms with van der Waals surface area (Å²) >= 11 is 11.6. The average Bonchev–Trinajstić information content (AvgIpc) is 2.38. The van der Waals surface area contributed by atoms with Crippen LogP contribution in [0.3, 0.4) is 0 Å². The van der Waals surface area contributed by atoms with E-state index in [2.05, 4.69) is 0 Å². The van der Waals surface area contributed by atoms with E-state index in [1.54, 1.807) is 6.07 Å². The molecule has 2 aromatic rings. The van der Waals surface area contributed by atoms with Gasteiger partial charge in [0.15, 0.2) is 0 Å². The van der Waals surface area contributed by atoms with E-state index >= 15 is 0 Å². The van der Waals surface area contributed by atoms with Crippen LogP contribution < -0.4 is 4.90 Å².